The van der Waals surface area contributed by atoms with Crippen LogP contribution in [0.5, 0.6) is 0 Å². The number of benzene rings is 1. The monoisotopic (exact) mass is 364 g/mol. The lowest BCUT2D eigenvalue weighted by atomic mass is 10.2. The molecule has 0 radical (unpaired) electrons. The van der Waals surface area contributed by atoms with Crippen molar-refractivity contribution in [2.45, 2.75) is 27.0 Å². The van der Waals surface area contributed by atoms with Gasteiger partial charge in [-0.15, -0.1) is 5.10 Å². The lowest BCUT2D eigenvalue weighted by molar-refractivity contribution is 0.0468. The van der Waals surface area contributed by atoms with E-state index in [4.69, 9.17) is 16.3 Å². The average Bonchev–Trinajstić information content (AvgIpc) is 2.98. The summed E-state index contributed by atoms with van der Waals surface area (Å²) in [6.45, 7) is 4.01. The van der Waals surface area contributed by atoms with Crippen molar-refractivity contribution in [3.05, 3.63) is 49.8 Å². The second kappa shape index (κ2) is 6.66. The van der Waals surface area contributed by atoms with E-state index >= 15 is 0 Å². The Kier molecular flexibility index (Phi) is 4.59. The molecule has 0 bridgehead atoms. The van der Waals surface area contributed by atoms with Crippen LogP contribution in [-0.4, -0.2) is 25.1 Å². The van der Waals surface area contributed by atoms with Crippen molar-refractivity contribution in [3.8, 4) is 0 Å². The van der Waals surface area contributed by atoms with Crippen molar-refractivity contribution in [2.75, 3.05) is 0 Å². The van der Waals surface area contributed by atoms with Crippen molar-refractivity contribution in [1.82, 2.24) is 19.1 Å². The first-order chi connectivity index (χ1) is 11.5. The van der Waals surface area contributed by atoms with Gasteiger partial charge >= 0.3 is 5.97 Å². The van der Waals surface area contributed by atoms with Gasteiger partial charge in [0.25, 0.3) is 5.56 Å². The van der Waals surface area contributed by atoms with Crippen LogP contribution in [0.15, 0.2) is 23.0 Å². The summed E-state index contributed by atoms with van der Waals surface area (Å²) < 4.78 is 10.9. The smallest absolute Gasteiger partial charge is 0.338 e. The molecule has 0 amide bonds. The standard InChI is InChI=1S/C15H13ClN4O3S/c1-3-20-12-5-4-9(6-10(12)17-8(2)14(20)21)15(22)23-7-11-13(16)24-19-18-11/h4-6H,3,7H2,1-2H3. The third-order valence-electron chi connectivity index (χ3n) is 3.51. The number of hydrogen-bond acceptors (Lipinski definition) is 7. The van der Waals surface area contributed by atoms with Crippen molar-refractivity contribution < 1.29 is 9.53 Å². The van der Waals surface area contributed by atoms with E-state index in [1.807, 2.05) is 6.92 Å². The topological polar surface area (TPSA) is 87.0 Å². The van der Waals surface area contributed by atoms with E-state index in [1.54, 1.807) is 29.7 Å². The molecule has 0 spiro atoms. The van der Waals surface area contributed by atoms with Crippen molar-refractivity contribution in [2.24, 2.45) is 0 Å². The highest BCUT2D eigenvalue weighted by atomic mass is 35.5. The van der Waals surface area contributed by atoms with Crippen LogP contribution in [0.25, 0.3) is 11.0 Å². The van der Waals surface area contributed by atoms with Crippen LogP contribution < -0.4 is 5.56 Å². The summed E-state index contributed by atoms with van der Waals surface area (Å²) in [5.74, 6) is -0.519. The molecule has 2 aromatic heterocycles. The Hall–Kier alpha value is -2.32. The highest BCUT2D eigenvalue weighted by Crippen LogP contribution is 2.19. The fourth-order valence-electron chi connectivity index (χ4n) is 2.32. The zero-order valence-electron chi connectivity index (χ0n) is 12.9. The lowest BCUT2D eigenvalue weighted by Gasteiger charge is -2.10. The van der Waals surface area contributed by atoms with Crippen LogP contribution in [0.2, 0.25) is 4.34 Å². The number of aromatic nitrogens is 4. The molecule has 24 heavy (non-hydrogen) atoms. The number of halogens is 1. The number of rotatable bonds is 4. The molecule has 7 nitrogen and oxygen atoms in total. The van der Waals surface area contributed by atoms with Gasteiger partial charge in [0.15, 0.2) is 0 Å². The molecule has 0 fully saturated rings. The third kappa shape index (κ3) is 3.02. The molecular weight excluding hydrogens is 352 g/mol. The number of hydrogen-bond donors (Lipinski definition) is 0. The van der Waals surface area contributed by atoms with Gasteiger partial charge in [-0.25, -0.2) is 9.78 Å². The predicted octanol–water partition coefficient (Wildman–Crippen LogP) is 2.59. The molecule has 0 unspecified atom stereocenters. The SMILES string of the molecule is CCn1c(=O)c(C)nc2cc(C(=O)OCc3nnsc3Cl)ccc21. The highest BCUT2D eigenvalue weighted by molar-refractivity contribution is 7.10. The Morgan fingerprint density at radius 2 is 2.21 bits per heavy atom. The van der Waals surface area contributed by atoms with Gasteiger partial charge < -0.3 is 9.30 Å². The molecule has 0 aliphatic carbocycles. The molecule has 0 atom stereocenters. The maximum Gasteiger partial charge on any atom is 0.338 e. The minimum atomic E-state index is -0.519. The molecule has 0 aliphatic rings. The normalized spacial score (nSPS) is 11.0. The van der Waals surface area contributed by atoms with Gasteiger partial charge in [0.05, 0.1) is 16.6 Å². The molecule has 0 aliphatic heterocycles. The number of esters is 1. The largest absolute Gasteiger partial charge is 0.455 e. The summed E-state index contributed by atoms with van der Waals surface area (Å²) in [5.41, 5.74) is 2.26. The van der Waals surface area contributed by atoms with Gasteiger partial charge in [0.2, 0.25) is 0 Å². The summed E-state index contributed by atoms with van der Waals surface area (Å²) in [5, 5.41) is 3.78. The Balaban J connectivity index is 1.90. The second-order valence-corrected chi connectivity index (χ2v) is 6.38. The fraction of sp³-hybridized carbons (Fsp3) is 0.267. The molecular formula is C15H13ClN4O3S. The summed E-state index contributed by atoms with van der Waals surface area (Å²) in [7, 11) is 0. The zero-order valence-corrected chi connectivity index (χ0v) is 14.5. The van der Waals surface area contributed by atoms with E-state index < -0.39 is 5.97 Å². The summed E-state index contributed by atoms with van der Waals surface area (Å²) in [4.78, 5) is 28.5. The molecule has 3 aromatic rings. The number of nitrogens with zero attached hydrogens (tertiary/aromatic N) is 4. The second-order valence-electron chi connectivity index (χ2n) is 5.02. The third-order valence-corrected chi connectivity index (χ3v) is 4.49. The quantitative estimate of drug-likeness (QED) is 0.661. The first kappa shape index (κ1) is 16.5. The first-order valence-corrected chi connectivity index (χ1v) is 8.31. The number of fused-ring (bicyclic) bond motifs is 1. The molecule has 0 saturated heterocycles. The van der Waals surface area contributed by atoms with E-state index in [9.17, 15) is 9.59 Å². The van der Waals surface area contributed by atoms with E-state index in [-0.39, 0.29) is 12.2 Å². The van der Waals surface area contributed by atoms with E-state index in [1.165, 1.54) is 0 Å². The number of aryl methyl sites for hydroxylation is 2. The number of carbonyl (C=O) groups is 1. The van der Waals surface area contributed by atoms with Crippen LogP contribution >= 0.6 is 23.1 Å². The zero-order chi connectivity index (χ0) is 17.3. The van der Waals surface area contributed by atoms with Gasteiger partial charge in [-0.2, -0.15) is 0 Å². The Labute approximate surface area is 146 Å². The minimum absolute atomic E-state index is 0.0485. The van der Waals surface area contributed by atoms with Gasteiger partial charge in [0.1, 0.15) is 22.3 Å². The van der Waals surface area contributed by atoms with Crippen molar-refractivity contribution in [1.29, 1.82) is 0 Å². The first-order valence-electron chi connectivity index (χ1n) is 7.16. The van der Waals surface area contributed by atoms with Crippen LogP contribution in [0, 0.1) is 6.92 Å². The number of ether oxygens (including phenoxy) is 1. The fourth-order valence-corrected chi connectivity index (χ4v) is 2.92. The Morgan fingerprint density at radius 1 is 1.42 bits per heavy atom. The average molecular weight is 365 g/mol. The van der Waals surface area contributed by atoms with Crippen molar-refractivity contribution >= 4 is 40.1 Å². The van der Waals surface area contributed by atoms with Gasteiger partial charge in [-0.3, -0.25) is 4.79 Å². The van der Waals surface area contributed by atoms with Gasteiger partial charge in [-0.05, 0) is 32.0 Å². The van der Waals surface area contributed by atoms with Gasteiger partial charge in [0, 0.05) is 18.1 Å². The maximum absolute atomic E-state index is 12.2. The van der Waals surface area contributed by atoms with E-state index in [2.05, 4.69) is 14.6 Å². The molecule has 1 aromatic carbocycles. The molecule has 124 valence electrons. The highest BCUT2D eigenvalue weighted by Gasteiger charge is 2.14. The lowest BCUT2D eigenvalue weighted by Crippen LogP contribution is -2.23. The van der Waals surface area contributed by atoms with Crippen LogP contribution in [-0.2, 0) is 17.9 Å². The molecule has 2 heterocycles. The summed E-state index contributed by atoms with van der Waals surface area (Å²) >= 11 is 6.90. The number of carbonyl (C=O) groups excluding carboxylic acids is 1. The summed E-state index contributed by atoms with van der Waals surface area (Å²) in [6, 6.07) is 4.91. The predicted molar refractivity (Wildman–Crippen MR) is 90.5 cm³/mol. The molecule has 9 heteroatoms. The summed E-state index contributed by atoms with van der Waals surface area (Å²) in [6.07, 6.45) is 0. The minimum Gasteiger partial charge on any atom is -0.455 e. The molecule has 0 saturated carbocycles. The Morgan fingerprint density at radius 3 is 2.88 bits per heavy atom. The van der Waals surface area contributed by atoms with Crippen LogP contribution in [0.4, 0.5) is 0 Å². The van der Waals surface area contributed by atoms with E-state index in [0.717, 1.165) is 11.5 Å². The van der Waals surface area contributed by atoms with Crippen molar-refractivity contribution in [3.63, 3.8) is 0 Å². The molecule has 0 N–H and O–H groups in total. The molecule has 3 rings (SSSR count). The van der Waals surface area contributed by atoms with Gasteiger partial charge in [-0.1, -0.05) is 16.1 Å². The van der Waals surface area contributed by atoms with Crippen LogP contribution in [0.1, 0.15) is 28.7 Å². The van der Waals surface area contributed by atoms with E-state index in [0.29, 0.717) is 38.9 Å². The van der Waals surface area contributed by atoms with Crippen LogP contribution in [0.3, 0.4) is 0 Å². The Bertz CT molecular complexity index is 982. The maximum atomic E-state index is 12.2.